The summed E-state index contributed by atoms with van der Waals surface area (Å²) in [7, 11) is -5.22. The van der Waals surface area contributed by atoms with E-state index in [2.05, 4.69) is 0 Å². The van der Waals surface area contributed by atoms with Gasteiger partial charge >= 0.3 is 15.5 Å². The second-order valence-electron chi connectivity index (χ2n) is 3.09. The molecule has 1 N–H and O–H groups in total. The Morgan fingerprint density at radius 3 is 2.00 bits per heavy atom. The number of piperidine rings is 1. The molecular weight excluding hydrogens is 221 g/mol. The number of hydrogen-bond donors (Lipinski definition) is 1. The van der Waals surface area contributed by atoms with Gasteiger partial charge in [-0.25, -0.2) is 13.4 Å². The number of halogens is 3. The molecule has 1 aliphatic rings. The number of hydrogen-bond acceptors (Lipinski definition) is 3. The molecule has 0 unspecified atom stereocenters. The van der Waals surface area contributed by atoms with Gasteiger partial charge in [0.05, 0.1) is 0 Å². The van der Waals surface area contributed by atoms with Crippen molar-refractivity contribution in [3.8, 4) is 0 Å². The Morgan fingerprint density at radius 1 is 1.07 bits per heavy atom. The average Bonchev–Trinajstić information content (AvgIpc) is 2.03. The van der Waals surface area contributed by atoms with Crippen molar-refractivity contribution < 1.29 is 21.6 Å². The van der Waals surface area contributed by atoms with Crippen molar-refractivity contribution in [2.45, 2.75) is 24.8 Å². The number of rotatable bonds is 2. The molecule has 1 saturated heterocycles. The molecule has 1 heterocycles. The van der Waals surface area contributed by atoms with Crippen molar-refractivity contribution in [1.29, 1.82) is 0 Å². The molecule has 8 heteroatoms. The van der Waals surface area contributed by atoms with Crippen molar-refractivity contribution in [3.63, 3.8) is 0 Å². The van der Waals surface area contributed by atoms with Crippen molar-refractivity contribution in [1.82, 2.24) is 9.84 Å². The minimum Gasteiger partial charge on any atom is -0.231 e. The molecule has 0 atom stereocenters. The molecule has 0 radical (unpaired) electrons. The van der Waals surface area contributed by atoms with E-state index in [9.17, 15) is 21.6 Å². The van der Waals surface area contributed by atoms with E-state index in [1.165, 1.54) is 4.83 Å². The van der Waals surface area contributed by atoms with Crippen LogP contribution in [0.25, 0.3) is 0 Å². The summed E-state index contributed by atoms with van der Waals surface area (Å²) in [5.74, 6) is 0. The predicted molar refractivity (Wildman–Crippen MR) is 43.5 cm³/mol. The fourth-order valence-corrected chi connectivity index (χ4v) is 1.83. The highest BCUT2D eigenvalue weighted by Gasteiger charge is 2.46. The van der Waals surface area contributed by atoms with E-state index in [0.717, 1.165) is 11.4 Å². The molecule has 0 amide bonds. The van der Waals surface area contributed by atoms with Crippen LogP contribution in [0.2, 0.25) is 0 Å². The Balaban J connectivity index is 2.58. The molecule has 1 fully saturated rings. The van der Waals surface area contributed by atoms with Crippen LogP contribution in [0.3, 0.4) is 0 Å². The molecule has 0 bridgehead atoms. The molecule has 0 aliphatic carbocycles. The summed E-state index contributed by atoms with van der Waals surface area (Å²) in [5, 5.41) is 1.09. The van der Waals surface area contributed by atoms with E-state index < -0.39 is 15.5 Å². The van der Waals surface area contributed by atoms with Crippen LogP contribution in [0.1, 0.15) is 19.3 Å². The number of nitrogens with zero attached hydrogens (tertiary/aromatic N) is 1. The molecule has 0 aromatic carbocycles. The Kier molecular flexibility index (Phi) is 3.38. The Labute approximate surface area is 80.1 Å². The lowest BCUT2D eigenvalue weighted by Crippen LogP contribution is -2.49. The third-order valence-corrected chi connectivity index (χ3v) is 3.02. The second kappa shape index (κ2) is 4.03. The van der Waals surface area contributed by atoms with Gasteiger partial charge in [-0.3, -0.25) is 0 Å². The number of alkyl halides is 3. The van der Waals surface area contributed by atoms with Gasteiger partial charge in [0.1, 0.15) is 0 Å². The van der Waals surface area contributed by atoms with Gasteiger partial charge in [-0.1, -0.05) is 6.42 Å². The normalized spacial score (nSPS) is 21.1. The molecule has 14 heavy (non-hydrogen) atoms. The lowest BCUT2D eigenvalue weighted by atomic mass is 10.2. The summed E-state index contributed by atoms with van der Waals surface area (Å²) < 4.78 is 57.0. The van der Waals surface area contributed by atoms with E-state index >= 15 is 0 Å². The van der Waals surface area contributed by atoms with Crippen LogP contribution in [-0.2, 0) is 10.0 Å². The van der Waals surface area contributed by atoms with E-state index in [0.29, 0.717) is 25.9 Å². The van der Waals surface area contributed by atoms with Crippen LogP contribution in [-0.4, -0.2) is 32.0 Å². The quantitative estimate of drug-likeness (QED) is 0.767. The number of hydrazine groups is 1. The summed E-state index contributed by atoms with van der Waals surface area (Å²) in [5.41, 5.74) is -5.23. The van der Waals surface area contributed by atoms with Crippen LogP contribution in [0.5, 0.6) is 0 Å². The van der Waals surface area contributed by atoms with E-state index in [4.69, 9.17) is 0 Å². The first-order chi connectivity index (χ1) is 6.33. The zero-order valence-electron chi connectivity index (χ0n) is 7.34. The van der Waals surface area contributed by atoms with Gasteiger partial charge in [0, 0.05) is 13.1 Å². The highest BCUT2D eigenvalue weighted by atomic mass is 32.2. The molecular formula is C6H11F3N2O2S. The molecule has 0 spiro atoms. The van der Waals surface area contributed by atoms with Gasteiger partial charge in [-0.05, 0) is 12.8 Å². The van der Waals surface area contributed by atoms with E-state index in [1.807, 2.05) is 0 Å². The summed E-state index contributed by atoms with van der Waals surface area (Å²) in [6.45, 7) is 0.657. The van der Waals surface area contributed by atoms with Gasteiger partial charge in [-0.2, -0.15) is 13.2 Å². The first kappa shape index (κ1) is 11.7. The highest BCUT2D eigenvalue weighted by molar-refractivity contribution is 7.90. The number of nitrogens with one attached hydrogen (secondary N) is 1. The topological polar surface area (TPSA) is 49.4 Å². The Bertz CT molecular complexity index is 282. The molecule has 1 aliphatic heterocycles. The van der Waals surface area contributed by atoms with Gasteiger partial charge in [0.2, 0.25) is 0 Å². The van der Waals surface area contributed by atoms with Crippen LogP contribution < -0.4 is 4.83 Å². The van der Waals surface area contributed by atoms with Crippen LogP contribution in [0.4, 0.5) is 13.2 Å². The molecule has 0 aromatic rings. The van der Waals surface area contributed by atoms with Gasteiger partial charge in [-0.15, -0.1) is 4.83 Å². The molecule has 0 aromatic heterocycles. The van der Waals surface area contributed by atoms with Crippen molar-refractivity contribution in [2.24, 2.45) is 0 Å². The Morgan fingerprint density at radius 2 is 1.57 bits per heavy atom. The summed E-state index contributed by atoms with van der Waals surface area (Å²) >= 11 is 0. The maximum atomic E-state index is 11.9. The molecule has 0 saturated carbocycles. The third-order valence-electron chi connectivity index (χ3n) is 1.91. The largest absolute Gasteiger partial charge is 0.512 e. The first-order valence-corrected chi connectivity index (χ1v) is 5.65. The number of sulfonamides is 1. The van der Waals surface area contributed by atoms with Crippen LogP contribution in [0, 0.1) is 0 Å². The Hall–Kier alpha value is -0.340. The maximum Gasteiger partial charge on any atom is 0.512 e. The SMILES string of the molecule is O=S(=O)(NN1CCCCC1)C(F)(F)F. The van der Waals surface area contributed by atoms with E-state index in [1.54, 1.807) is 0 Å². The minimum atomic E-state index is -5.23. The van der Waals surface area contributed by atoms with Crippen molar-refractivity contribution in [2.75, 3.05) is 13.1 Å². The standard InChI is InChI=1S/C6H11F3N2O2S/c7-6(8,9)14(12,13)10-11-4-2-1-3-5-11/h10H,1-5H2. The zero-order chi connectivity index (χ0) is 10.8. The molecule has 4 nitrogen and oxygen atoms in total. The third kappa shape index (κ3) is 2.82. The fraction of sp³-hybridized carbons (Fsp3) is 1.00. The van der Waals surface area contributed by atoms with Crippen molar-refractivity contribution in [3.05, 3.63) is 0 Å². The maximum absolute atomic E-state index is 11.9. The minimum absolute atomic E-state index is 0.329. The summed E-state index contributed by atoms with van der Waals surface area (Å²) in [6.07, 6.45) is 2.34. The second-order valence-corrected chi connectivity index (χ2v) is 4.74. The lowest BCUT2D eigenvalue weighted by Gasteiger charge is -2.26. The van der Waals surface area contributed by atoms with Crippen LogP contribution in [0.15, 0.2) is 0 Å². The summed E-state index contributed by atoms with van der Waals surface area (Å²) in [4.78, 5) is 1.52. The van der Waals surface area contributed by atoms with Gasteiger partial charge < -0.3 is 0 Å². The first-order valence-electron chi connectivity index (χ1n) is 4.16. The zero-order valence-corrected chi connectivity index (χ0v) is 8.16. The van der Waals surface area contributed by atoms with Gasteiger partial charge in [0.15, 0.2) is 0 Å². The lowest BCUT2D eigenvalue weighted by molar-refractivity contribution is -0.0474. The highest BCUT2D eigenvalue weighted by Crippen LogP contribution is 2.22. The predicted octanol–water partition coefficient (Wildman–Crippen LogP) is 0.827. The van der Waals surface area contributed by atoms with E-state index in [-0.39, 0.29) is 0 Å². The average molecular weight is 232 g/mol. The smallest absolute Gasteiger partial charge is 0.231 e. The van der Waals surface area contributed by atoms with Crippen LogP contribution >= 0.6 is 0 Å². The summed E-state index contributed by atoms with van der Waals surface area (Å²) in [6, 6.07) is 0. The molecule has 1 rings (SSSR count). The monoisotopic (exact) mass is 232 g/mol. The van der Waals surface area contributed by atoms with Gasteiger partial charge in [0.25, 0.3) is 0 Å². The van der Waals surface area contributed by atoms with Crippen molar-refractivity contribution >= 4 is 10.0 Å². The molecule has 84 valence electrons. The fourth-order valence-electron chi connectivity index (χ4n) is 1.21.